The number of hydrogen-bond acceptors (Lipinski definition) is 6. The molecule has 2 N–H and O–H groups in total. The van der Waals surface area contributed by atoms with E-state index < -0.39 is 15.8 Å². The topological polar surface area (TPSA) is 87.2 Å². The molecule has 1 aromatic carbocycles. The molecule has 0 spiro atoms. The molecule has 7 nitrogen and oxygen atoms in total. The Morgan fingerprint density at radius 3 is 2.56 bits per heavy atom. The number of nitrogens with one attached hydrogen (secondary N) is 2. The molecule has 0 radical (unpaired) electrons. The summed E-state index contributed by atoms with van der Waals surface area (Å²) in [5.74, 6) is 0.127. The Labute approximate surface area is 146 Å². The first-order valence-corrected chi connectivity index (χ1v) is 9.60. The molecule has 0 bridgehead atoms. The van der Waals surface area contributed by atoms with Gasteiger partial charge in [0.15, 0.2) is 5.82 Å². The molecule has 25 heavy (non-hydrogen) atoms. The van der Waals surface area contributed by atoms with Crippen LogP contribution in [-0.4, -0.2) is 44.8 Å². The van der Waals surface area contributed by atoms with E-state index in [1.807, 2.05) is 6.07 Å². The third-order valence-corrected chi connectivity index (χ3v) is 5.44. The van der Waals surface area contributed by atoms with E-state index in [-0.39, 0.29) is 11.4 Å². The molecule has 0 amide bonds. The second-order valence-electron chi connectivity index (χ2n) is 5.77. The van der Waals surface area contributed by atoms with Gasteiger partial charge < -0.3 is 10.2 Å². The van der Waals surface area contributed by atoms with Crippen LogP contribution in [0.5, 0.6) is 0 Å². The molecule has 2 heterocycles. The lowest BCUT2D eigenvalue weighted by atomic mass is 10.4. The van der Waals surface area contributed by atoms with Gasteiger partial charge in [-0.15, -0.1) is 5.10 Å². The van der Waals surface area contributed by atoms with Crippen molar-refractivity contribution in [2.24, 2.45) is 0 Å². The van der Waals surface area contributed by atoms with Crippen LogP contribution in [0.3, 0.4) is 0 Å². The highest BCUT2D eigenvalue weighted by atomic mass is 32.2. The minimum atomic E-state index is -3.65. The molecule has 1 saturated heterocycles. The molecular weight excluding hydrogens is 345 g/mol. The number of rotatable bonds is 7. The van der Waals surface area contributed by atoms with Crippen molar-refractivity contribution < 1.29 is 12.8 Å². The van der Waals surface area contributed by atoms with Crippen molar-refractivity contribution in [3.8, 4) is 0 Å². The van der Waals surface area contributed by atoms with E-state index in [2.05, 4.69) is 25.1 Å². The predicted molar refractivity (Wildman–Crippen MR) is 93.6 cm³/mol. The third kappa shape index (κ3) is 4.64. The van der Waals surface area contributed by atoms with Gasteiger partial charge in [-0.2, -0.15) is 5.10 Å². The lowest BCUT2D eigenvalue weighted by Crippen LogP contribution is -2.29. The molecule has 9 heteroatoms. The number of nitrogens with zero attached hydrogens (tertiary/aromatic N) is 3. The maximum Gasteiger partial charge on any atom is 0.240 e. The van der Waals surface area contributed by atoms with Crippen LogP contribution in [0.4, 0.5) is 15.9 Å². The summed E-state index contributed by atoms with van der Waals surface area (Å²) in [7, 11) is -3.65. The van der Waals surface area contributed by atoms with Gasteiger partial charge in [0, 0.05) is 32.2 Å². The van der Waals surface area contributed by atoms with Crippen LogP contribution >= 0.6 is 0 Å². The summed E-state index contributed by atoms with van der Waals surface area (Å²) in [6.07, 6.45) is 4.08. The van der Waals surface area contributed by atoms with Gasteiger partial charge in [0.1, 0.15) is 5.82 Å². The van der Waals surface area contributed by atoms with Gasteiger partial charge in [-0.25, -0.2) is 17.5 Å². The molecule has 0 atom stereocenters. The fourth-order valence-corrected chi connectivity index (χ4v) is 3.70. The van der Waals surface area contributed by atoms with Crippen LogP contribution in [-0.2, 0) is 10.0 Å². The van der Waals surface area contributed by atoms with Crippen LogP contribution in [0.15, 0.2) is 41.4 Å². The van der Waals surface area contributed by atoms with Crippen molar-refractivity contribution in [3.05, 3.63) is 42.3 Å². The molecule has 1 aromatic heterocycles. The molecule has 0 saturated carbocycles. The Bertz CT molecular complexity index is 808. The fourth-order valence-electron chi connectivity index (χ4n) is 2.66. The van der Waals surface area contributed by atoms with Gasteiger partial charge >= 0.3 is 0 Å². The zero-order chi connectivity index (χ0) is 17.7. The van der Waals surface area contributed by atoms with Crippen LogP contribution in [0.25, 0.3) is 0 Å². The molecule has 1 fully saturated rings. The predicted octanol–water partition coefficient (Wildman–Crippen LogP) is 1.61. The maximum absolute atomic E-state index is 12.9. The average molecular weight is 365 g/mol. The summed E-state index contributed by atoms with van der Waals surface area (Å²) in [5, 5.41) is 11.0. The summed E-state index contributed by atoms with van der Waals surface area (Å²) in [6.45, 7) is 2.57. The standard InChI is InChI=1S/C16H20FN5O2S/c17-13-3-5-15(6-4-13)25(23,24)20-8-7-18-16-11-14(12-19-21-16)22-9-1-2-10-22/h3-6,11-12,20H,1-2,7-10H2,(H,18,21). The molecule has 134 valence electrons. The Morgan fingerprint density at radius 1 is 1.12 bits per heavy atom. The average Bonchev–Trinajstić information content (AvgIpc) is 3.14. The number of benzene rings is 1. The summed E-state index contributed by atoms with van der Waals surface area (Å²) in [5.41, 5.74) is 1.02. The van der Waals surface area contributed by atoms with Crippen molar-refractivity contribution in [1.82, 2.24) is 14.9 Å². The van der Waals surface area contributed by atoms with Gasteiger partial charge in [-0.1, -0.05) is 0 Å². The second kappa shape index (κ2) is 7.75. The second-order valence-corrected chi connectivity index (χ2v) is 7.54. The number of anilines is 2. The van der Waals surface area contributed by atoms with Crippen LogP contribution in [0, 0.1) is 5.82 Å². The molecular formula is C16H20FN5O2S. The quantitative estimate of drug-likeness (QED) is 0.725. The smallest absolute Gasteiger partial charge is 0.240 e. The summed E-state index contributed by atoms with van der Waals surface area (Å²) in [4.78, 5) is 2.28. The third-order valence-electron chi connectivity index (χ3n) is 3.96. The van der Waals surface area contributed by atoms with E-state index >= 15 is 0 Å². The first-order chi connectivity index (χ1) is 12.0. The minimum Gasteiger partial charge on any atom is -0.370 e. The summed E-state index contributed by atoms with van der Waals surface area (Å²) >= 11 is 0. The largest absolute Gasteiger partial charge is 0.370 e. The monoisotopic (exact) mass is 365 g/mol. The highest BCUT2D eigenvalue weighted by Gasteiger charge is 2.14. The van der Waals surface area contributed by atoms with Crippen LogP contribution < -0.4 is 14.9 Å². The SMILES string of the molecule is O=S(=O)(NCCNc1cc(N2CCCC2)cnn1)c1ccc(F)cc1. The van der Waals surface area contributed by atoms with Gasteiger partial charge in [0.05, 0.1) is 16.8 Å². The number of hydrogen-bond donors (Lipinski definition) is 2. The van der Waals surface area contributed by atoms with Crippen LogP contribution in [0.1, 0.15) is 12.8 Å². The number of aromatic nitrogens is 2. The summed E-state index contributed by atoms with van der Waals surface area (Å²) < 4.78 is 39.5. The highest BCUT2D eigenvalue weighted by Crippen LogP contribution is 2.20. The first kappa shape index (κ1) is 17.6. The van der Waals surface area contributed by atoms with Crippen LogP contribution in [0.2, 0.25) is 0 Å². The van der Waals surface area contributed by atoms with Gasteiger partial charge in [-0.05, 0) is 37.1 Å². The van der Waals surface area contributed by atoms with Crippen molar-refractivity contribution in [3.63, 3.8) is 0 Å². The molecule has 1 aliphatic rings. The summed E-state index contributed by atoms with van der Waals surface area (Å²) in [6, 6.07) is 6.61. The van der Waals surface area contributed by atoms with Crippen molar-refractivity contribution in [1.29, 1.82) is 0 Å². The zero-order valence-corrected chi connectivity index (χ0v) is 14.5. The Balaban J connectivity index is 1.51. The Morgan fingerprint density at radius 2 is 1.84 bits per heavy atom. The fraction of sp³-hybridized carbons (Fsp3) is 0.375. The first-order valence-electron chi connectivity index (χ1n) is 8.11. The number of sulfonamides is 1. The Kier molecular flexibility index (Phi) is 5.44. The van der Waals surface area contributed by atoms with Crippen molar-refractivity contribution in [2.75, 3.05) is 36.4 Å². The van der Waals surface area contributed by atoms with Gasteiger partial charge in [0.25, 0.3) is 0 Å². The lowest BCUT2D eigenvalue weighted by Gasteiger charge is -2.17. The van der Waals surface area contributed by atoms with Gasteiger partial charge in [-0.3, -0.25) is 0 Å². The number of halogens is 1. The van der Waals surface area contributed by atoms with E-state index in [9.17, 15) is 12.8 Å². The van der Waals surface area contributed by atoms with Crippen molar-refractivity contribution >= 4 is 21.5 Å². The van der Waals surface area contributed by atoms with E-state index in [0.717, 1.165) is 30.9 Å². The highest BCUT2D eigenvalue weighted by molar-refractivity contribution is 7.89. The molecule has 2 aromatic rings. The minimum absolute atomic E-state index is 0.0322. The van der Waals surface area contributed by atoms with E-state index in [1.54, 1.807) is 6.20 Å². The molecule has 0 aliphatic carbocycles. The van der Waals surface area contributed by atoms with Gasteiger partial charge in [0.2, 0.25) is 10.0 Å². The van der Waals surface area contributed by atoms with E-state index in [1.165, 1.54) is 25.0 Å². The zero-order valence-electron chi connectivity index (χ0n) is 13.7. The Hall–Kier alpha value is -2.26. The van der Waals surface area contributed by atoms with E-state index in [4.69, 9.17) is 0 Å². The van der Waals surface area contributed by atoms with Crippen molar-refractivity contribution in [2.45, 2.75) is 17.7 Å². The molecule has 3 rings (SSSR count). The molecule has 1 aliphatic heterocycles. The lowest BCUT2D eigenvalue weighted by molar-refractivity contribution is 0.582. The van der Waals surface area contributed by atoms with E-state index in [0.29, 0.717) is 12.4 Å². The normalized spacial score (nSPS) is 14.7. The maximum atomic E-state index is 12.9. The molecule has 0 unspecified atom stereocenters.